The summed E-state index contributed by atoms with van der Waals surface area (Å²) in [6, 6.07) is 17.4. The number of unbranched alkanes of at least 4 members (excludes halogenated alkanes) is 6. The van der Waals surface area contributed by atoms with Crippen molar-refractivity contribution < 1.29 is 36.7 Å². The van der Waals surface area contributed by atoms with E-state index in [9.17, 15) is 27.2 Å². The number of rotatable bonds is 13. The average molecular weight is 827 g/mol. The van der Waals surface area contributed by atoms with Gasteiger partial charge >= 0.3 is 12.1 Å². The molecule has 15 heteroatoms. The molecule has 296 valence electrons. The first-order chi connectivity index (χ1) is 26.9. The lowest BCUT2D eigenvalue weighted by Gasteiger charge is -2.25. The number of nitrogens with zero attached hydrogens (tertiary/aromatic N) is 1. The van der Waals surface area contributed by atoms with Crippen LogP contribution in [0.2, 0.25) is 0 Å². The lowest BCUT2D eigenvalue weighted by molar-refractivity contribution is -0.136. The molecule has 1 saturated heterocycles. The Balaban J connectivity index is 0.000000261. The van der Waals surface area contributed by atoms with Crippen molar-refractivity contribution in [2.45, 2.75) is 71.0 Å². The number of hydrogen-bond acceptors (Lipinski definition) is 7. The Hall–Kier alpha value is -4.60. The summed E-state index contributed by atoms with van der Waals surface area (Å²) in [6.45, 7) is 4.61. The highest BCUT2D eigenvalue weighted by Gasteiger charge is 2.37. The number of thioether (sulfide) groups is 1. The van der Waals surface area contributed by atoms with Gasteiger partial charge in [0, 0.05) is 34.2 Å². The molecular weight excluding hydrogens is 785 g/mol. The molecule has 1 amide bonds. The summed E-state index contributed by atoms with van der Waals surface area (Å²) >= 11 is 8.54. The van der Waals surface area contributed by atoms with Crippen LogP contribution in [0, 0.1) is 16.7 Å². The van der Waals surface area contributed by atoms with E-state index in [0.29, 0.717) is 21.6 Å². The zero-order chi connectivity index (χ0) is 40.0. The third kappa shape index (κ3) is 9.32. The third-order valence-corrected chi connectivity index (χ3v) is 11.9. The number of halogens is 4. The maximum Gasteiger partial charge on any atom is 0.420 e. The van der Waals surface area contributed by atoms with E-state index in [-0.39, 0.29) is 34.5 Å². The lowest BCUT2D eigenvalue weighted by atomic mass is 10.0. The van der Waals surface area contributed by atoms with Gasteiger partial charge in [0.15, 0.2) is 3.95 Å². The predicted molar refractivity (Wildman–Crippen MR) is 219 cm³/mol. The van der Waals surface area contributed by atoms with Gasteiger partial charge in [-0.05, 0) is 67.5 Å². The second-order valence-corrected chi connectivity index (χ2v) is 16.3. The quantitative estimate of drug-likeness (QED) is 0.0521. The minimum Gasteiger partial charge on any atom is -0.478 e. The number of alkyl halides is 3. The number of carboxylic acid groups (broad SMARTS) is 1. The summed E-state index contributed by atoms with van der Waals surface area (Å²) in [4.78, 5) is 34.3. The van der Waals surface area contributed by atoms with E-state index >= 15 is 0 Å². The van der Waals surface area contributed by atoms with Crippen molar-refractivity contribution in [3.63, 3.8) is 0 Å². The second kappa shape index (κ2) is 18.1. The molecule has 6 aromatic rings. The van der Waals surface area contributed by atoms with Gasteiger partial charge < -0.3 is 29.7 Å². The van der Waals surface area contributed by atoms with Gasteiger partial charge in [0.05, 0.1) is 27.9 Å². The molecule has 1 atom stereocenters. The molecule has 0 unspecified atom stereocenters. The third-order valence-electron chi connectivity index (χ3n) is 9.62. The summed E-state index contributed by atoms with van der Waals surface area (Å²) in [5, 5.41) is 13.6. The number of aryl methyl sites for hydroxylation is 1. The van der Waals surface area contributed by atoms with Crippen LogP contribution >= 0.6 is 35.3 Å². The number of thiazole rings is 1. The number of nitrogens with one attached hydrogen (secondary N) is 3. The maximum atomic E-state index is 14.0. The standard InChI is InChI=1S/C30H35FN4OS3.C11H7F3O3/c1-2-3-4-5-6-7-10-17-32-28-25(22-11-8-9-12-23(22)33-28)24-18-38-19-35(24)29(36)26-27(39-30(37)34-26)20-13-15-21(31)16-14-20;1-5-4-7-6(10(15)16)2-3-8(9(7)17-5)11(12,13)14/h8-9,11-16,24,32-33H,2-7,10,17-19H2,1H3,(H,34,37);2-4H,1H3,(H,15,16)/t24-;/m0./s1. The van der Waals surface area contributed by atoms with Crippen molar-refractivity contribution in [2.75, 3.05) is 23.5 Å². The van der Waals surface area contributed by atoms with Crippen molar-refractivity contribution in [3.05, 3.63) is 105 Å². The number of benzene rings is 3. The number of aromatic nitrogens is 2. The largest absolute Gasteiger partial charge is 0.478 e. The molecule has 0 saturated carbocycles. The molecule has 7 rings (SSSR count). The highest BCUT2D eigenvalue weighted by atomic mass is 32.2. The van der Waals surface area contributed by atoms with E-state index in [2.05, 4.69) is 40.4 Å². The van der Waals surface area contributed by atoms with Gasteiger partial charge in [-0.1, -0.05) is 75.8 Å². The van der Waals surface area contributed by atoms with Crippen LogP contribution in [0.3, 0.4) is 0 Å². The first-order valence-corrected chi connectivity index (χ1v) is 20.8. The van der Waals surface area contributed by atoms with E-state index in [0.717, 1.165) is 57.5 Å². The predicted octanol–water partition coefficient (Wildman–Crippen LogP) is 12.6. The number of furan rings is 1. The Morgan fingerprint density at radius 3 is 2.41 bits per heavy atom. The molecule has 0 aliphatic carbocycles. The fourth-order valence-corrected chi connectivity index (χ4v) is 9.26. The van der Waals surface area contributed by atoms with Crippen LogP contribution in [-0.4, -0.2) is 50.0 Å². The van der Waals surface area contributed by atoms with E-state index in [1.165, 1.54) is 75.0 Å². The molecule has 56 heavy (non-hydrogen) atoms. The molecule has 1 aliphatic heterocycles. The molecule has 3 aromatic heterocycles. The van der Waals surface area contributed by atoms with Gasteiger partial charge in [0.25, 0.3) is 5.91 Å². The SMILES string of the molecule is CCCCCCCCCNc1[nH]c2ccccc2c1[C@@H]1CSCN1C(=O)c1[nH]c(=S)sc1-c1ccc(F)cc1.Cc1cc2c(C(=O)O)ccc(C(F)(F)F)c2o1. The molecular formula is C41H42F4N4O4S3. The molecule has 1 fully saturated rings. The van der Waals surface area contributed by atoms with Gasteiger partial charge in [-0.25, -0.2) is 9.18 Å². The van der Waals surface area contributed by atoms with Crippen LogP contribution in [0.5, 0.6) is 0 Å². The summed E-state index contributed by atoms with van der Waals surface area (Å²) in [5.41, 5.74) is 1.86. The van der Waals surface area contributed by atoms with Gasteiger partial charge in [0.1, 0.15) is 28.7 Å². The van der Waals surface area contributed by atoms with Crippen molar-refractivity contribution in [1.82, 2.24) is 14.9 Å². The Bertz CT molecular complexity index is 2360. The maximum absolute atomic E-state index is 14.0. The van der Waals surface area contributed by atoms with E-state index in [4.69, 9.17) is 21.7 Å². The first-order valence-electron chi connectivity index (χ1n) is 18.4. The van der Waals surface area contributed by atoms with Crippen molar-refractivity contribution in [2.24, 2.45) is 0 Å². The van der Waals surface area contributed by atoms with Gasteiger partial charge in [-0.15, -0.1) is 23.1 Å². The minimum absolute atomic E-state index is 0.0372. The zero-order valence-corrected chi connectivity index (χ0v) is 33.3. The van der Waals surface area contributed by atoms with Crippen LogP contribution in [-0.2, 0) is 6.18 Å². The van der Waals surface area contributed by atoms with E-state index < -0.39 is 23.3 Å². The highest BCUT2D eigenvalue weighted by Crippen LogP contribution is 2.43. The Kier molecular flexibility index (Phi) is 13.3. The normalized spacial score (nSPS) is 14.3. The van der Waals surface area contributed by atoms with Crippen LogP contribution in [0.15, 0.2) is 71.1 Å². The van der Waals surface area contributed by atoms with Gasteiger partial charge in [-0.2, -0.15) is 13.2 Å². The van der Waals surface area contributed by atoms with E-state index in [1.807, 2.05) is 11.0 Å². The van der Waals surface area contributed by atoms with E-state index in [1.54, 1.807) is 23.9 Å². The number of aromatic amines is 2. The molecule has 0 radical (unpaired) electrons. The first kappa shape index (κ1) is 41.0. The van der Waals surface area contributed by atoms with Crippen molar-refractivity contribution >= 4 is 74.9 Å². The number of para-hydroxylation sites is 1. The Morgan fingerprint density at radius 1 is 0.982 bits per heavy atom. The lowest BCUT2D eigenvalue weighted by Crippen LogP contribution is -2.32. The molecule has 8 nitrogen and oxygen atoms in total. The summed E-state index contributed by atoms with van der Waals surface area (Å²) < 4.78 is 57.0. The number of H-pyrrole nitrogens is 2. The fourth-order valence-electron chi connectivity index (χ4n) is 6.91. The van der Waals surface area contributed by atoms with Crippen LogP contribution in [0.4, 0.5) is 23.4 Å². The smallest absolute Gasteiger partial charge is 0.420 e. The molecule has 4 heterocycles. The number of aromatic carboxylic acids is 1. The number of carbonyl (C=O) groups is 2. The van der Waals surface area contributed by atoms with Crippen LogP contribution < -0.4 is 5.32 Å². The van der Waals surface area contributed by atoms with Crippen molar-refractivity contribution in [1.29, 1.82) is 0 Å². The minimum atomic E-state index is -4.57. The molecule has 0 bridgehead atoms. The number of carbonyl (C=O) groups excluding carboxylic acids is 1. The van der Waals surface area contributed by atoms with Crippen LogP contribution in [0.25, 0.3) is 32.3 Å². The molecule has 4 N–H and O–H groups in total. The monoisotopic (exact) mass is 826 g/mol. The number of fused-ring (bicyclic) bond motifs is 2. The summed E-state index contributed by atoms with van der Waals surface area (Å²) in [6.07, 6.45) is 4.30. The average Bonchev–Trinajstić information content (AvgIpc) is 3.96. The topological polar surface area (TPSA) is 114 Å². The number of anilines is 1. The Morgan fingerprint density at radius 2 is 1.70 bits per heavy atom. The molecule has 3 aromatic carbocycles. The Labute approximate surface area is 334 Å². The van der Waals surface area contributed by atoms with Gasteiger partial charge in [-0.3, -0.25) is 4.79 Å². The summed E-state index contributed by atoms with van der Waals surface area (Å²) in [7, 11) is 0. The second-order valence-electron chi connectivity index (χ2n) is 13.6. The highest BCUT2D eigenvalue weighted by molar-refractivity contribution is 7.99. The van der Waals surface area contributed by atoms with Crippen LogP contribution in [0.1, 0.15) is 95.6 Å². The number of carboxylic acids is 1. The number of hydrogen-bond donors (Lipinski definition) is 4. The summed E-state index contributed by atoms with van der Waals surface area (Å²) in [5.74, 6) is 0.974. The fraction of sp³-hybridized carbons (Fsp3) is 0.341. The number of amides is 1. The van der Waals surface area contributed by atoms with Crippen molar-refractivity contribution in [3.8, 4) is 10.4 Å². The zero-order valence-electron chi connectivity index (χ0n) is 30.9. The molecule has 0 spiro atoms. The van der Waals surface area contributed by atoms with Gasteiger partial charge in [0.2, 0.25) is 0 Å². The molecule has 1 aliphatic rings.